The Bertz CT molecular complexity index is 815. The van der Waals surface area contributed by atoms with Crippen LogP contribution in [0, 0.1) is 0 Å². The van der Waals surface area contributed by atoms with Crippen LogP contribution in [0.3, 0.4) is 0 Å². The summed E-state index contributed by atoms with van der Waals surface area (Å²) < 4.78 is 12.7. The summed E-state index contributed by atoms with van der Waals surface area (Å²) in [6, 6.07) is 10.1. The number of nitrogens with zero attached hydrogens (tertiary/aromatic N) is 2. The normalized spacial score (nSPS) is 12.4. The molecular weight excluding hydrogens is 386 g/mol. The zero-order chi connectivity index (χ0) is 21.4. The fraction of sp³-hybridized carbons (Fsp3) is 0.476. The standard InChI is InChI=1S/C21H31N3O4Si/c1-16(25)23-19(21(26)27-2)13-18-20(17-9-7-6-8-10-17)24(14-22-18)15-28-11-12-29(3,4)5/h6-10,14,19H,11-13,15H2,1-5H3,(H,23,25)/t19-/m0/s1. The molecular formula is C21H31N3O4Si. The number of carbonyl (C=O) groups is 2. The number of esters is 1. The van der Waals surface area contributed by atoms with Crippen molar-refractivity contribution in [2.24, 2.45) is 0 Å². The first kappa shape index (κ1) is 22.8. The summed E-state index contributed by atoms with van der Waals surface area (Å²) in [6.45, 7) is 9.40. The minimum atomic E-state index is -1.16. The fourth-order valence-electron chi connectivity index (χ4n) is 2.92. The number of methoxy groups -OCH3 is 1. The molecule has 0 saturated carbocycles. The van der Waals surface area contributed by atoms with Gasteiger partial charge in [-0.05, 0) is 6.04 Å². The first-order valence-electron chi connectivity index (χ1n) is 9.73. The van der Waals surface area contributed by atoms with Gasteiger partial charge in [0.25, 0.3) is 0 Å². The maximum atomic E-state index is 12.1. The van der Waals surface area contributed by atoms with Gasteiger partial charge in [-0.15, -0.1) is 0 Å². The molecule has 1 atom stereocenters. The van der Waals surface area contributed by atoms with Crippen molar-refractivity contribution in [1.29, 1.82) is 0 Å². The SMILES string of the molecule is COC(=O)[C@H](Cc1ncn(COCC[Si](C)(C)C)c1-c1ccccc1)NC(C)=O. The van der Waals surface area contributed by atoms with Gasteiger partial charge in [0.05, 0.1) is 24.8 Å². The van der Waals surface area contributed by atoms with Crippen LogP contribution in [0.2, 0.25) is 25.7 Å². The van der Waals surface area contributed by atoms with Crippen molar-refractivity contribution >= 4 is 20.0 Å². The Hall–Kier alpha value is -2.45. The number of imidazole rings is 1. The molecule has 7 nitrogen and oxygen atoms in total. The summed E-state index contributed by atoms with van der Waals surface area (Å²) in [6.07, 6.45) is 1.95. The molecule has 0 fully saturated rings. The van der Waals surface area contributed by atoms with Crippen LogP contribution in [-0.2, 0) is 32.2 Å². The number of amides is 1. The third-order valence-electron chi connectivity index (χ3n) is 4.45. The second-order valence-electron chi connectivity index (χ2n) is 8.20. The van der Waals surface area contributed by atoms with Crippen LogP contribution in [0.4, 0.5) is 0 Å². The summed E-state index contributed by atoms with van der Waals surface area (Å²) >= 11 is 0. The predicted molar refractivity (Wildman–Crippen MR) is 115 cm³/mol. The molecule has 1 aromatic carbocycles. The lowest BCUT2D eigenvalue weighted by Gasteiger charge is -2.17. The van der Waals surface area contributed by atoms with E-state index in [1.807, 2.05) is 34.9 Å². The van der Waals surface area contributed by atoms with Crippen molar-refractivity contribution in [2.75, 3.05) is 13.7 Å². The minimum absolute atomic E-state index is 0.235. The molecule has 0 aliphatic rings. The molecule has 8 heteroatoms. The fourth-order valence-corrected chi connectivity index (χ4v) is 3.67. The molecule has 1 N–H and O–H groups in total. The van der Waals surface area contributed by atoms with E-state index in [0.717, 1.165) is 17.3 Å². The van der Waals surface area contributed by atoms with E-state index in [-0.39, 0.29) is 12.3 Å². The molecule has 2 rings (SSSR count). The quantitative estimate of drug-likeness (QED) is 0.365. The van der Waals surface area contributed by atoms with E-state index in [4.69, 9.17) is 9.47 Å². The number of hydrogen-bond acceptors (Lipinski definition) is 5. The molecule has 0 unspecified atom stereocenters. The van der Waals surface area contributed by atoms with Crippen LogP contribution >= 0.6 is 0 Å². The van der Waals surface area contributed by atoms with E-state index in [9.17, 15) is 9.59 Å². The second-order valence-corrected chi connectivity index (χ2v) is 13.8. The average Bonchev–Trinajstić information content (AvgIpc) is 3.06. The van der Waals surface area contributed by atoms with Gasteiger partial charge in [-0.2, -0.15) is 0 Å². The molecule has 29 heavy (non-hydrogen) atoms. The van der Waals surface area contributed by atoms with Crippen molar-refractivity contribution in [3.63, 3.8) is 0 Å². The zero-order valence-electron chi connectivity index (χ0n) is 17.9. The topological polar surface area (TPSA) is 82.4 Å². The highest BCUT2D eigenvalue weighted by Gasteiger charge is 2.25. The molecule has 0 saturated heterocycles. The molecule has 1 heterocycles. The highest BCUT2D eigenvalue weighted by molar-refractivity contribution is 6.76. The van der Waals surface area contributed by atoms with E-state index in [0.29, 0.717) is 19.0 Å². The number of rotatable bonds is 10. The van der Waals surface area contributed by atoms with E-state index in [1.54, 1.807) is 6.33 Å². The second kappa shape index (κ2) is 10.4. The molecule has 0 spiro atoms. The van der Waals surface area contributed by atoms with Crippen LogP contribution in [-0.4, -0.2) is 49.3 Å². The number of benzene rings is 1. The van der Waals surface area contributed by atoms with E-state index in [1.165, 1.54) is 14.0 Å². The number of aromatic nitrogens is 2. The van der Waals surface area contributed by atoms with Gasteiger partial charge >= 0.3 is 5.97 Å². The Balaban J connectivity index is 2.26. The summed E-state index contributed by atoms with van der Waals surface area (Å²) in [5.41, 5.74) is 2.55. The van der Waals surface area contributed by atoms with Crippen molar-refractivity contribution in [2.45, 2.75) is 51.8 Å². The van der Waals surface area contributed by atoms with E-state index >= 15 is 0 Å². The number of ether oxygens (including phenoxy) is 2. The lowest BCUT2D eigenvalue weighted by Crippen LogP contribution is -2.42. The largest absolute Gasteiger partial charge is 0.467 e. The molecule has 0 bridgehead atoms. The van der Waals surface area contributed by atoms with Gasteiger partial charge in [-0.25, -0.2) is 9.78 Å². The number of hydrogen-bond donors (Lipinski definition) is 1. The molecule has 0 aliphatic carbocycles. The van der Waals surface area contributed by atoms with Crippen LogP contribution in [0.15, 0.2) is 36.7 Å². The van der Waals surface area contributed by atoms with E-state index < -0.39 is 20.1 Å². The first-order chi connectivity index (χ1) is 13.7. The van der Waals surface area contributed by atoms with Crippen molar-refractivity contribution in [3.8, 4) is 11.3 Å². The van der Waals surface area contributed by atoms with Gasteiger partial charge < -0.3 is 19.4 Å². The molecule has 1 aromatic heterocycles. The smallest absolute Gasteiger partial charge is 0.328 e. The Morgan fingerprint density at radius 1 is 1.21 bits per heavy atom. The van der Waals surface area contributed by atoms with Gasteiger partial charge in [0.15, 0.2) is 0 Å². The van der Waals surface area contributed by atoms with Crippen LogP contribution < -0.4 is 5.32 Å². The third kappa shape index (κ3) is 7.14. The molecule has 158 valence electrons. The lowest BCUT2D eigenvalue weighted by molar-refractivity contribution is -0.144. The Labute approximate surface area is 173 Å². The maximum absolute atomic E-state index is 12.1. The van der Waals surface area contributed by atoms with Crippen molar-refractivity contribution < 1.29 is 19.1 Å². The zero-order valence-corrected chi connectivity index (χ0v) is 18.9. The van der Waals surface area contributed by atoms with Crippen molar-refractivity contribution in [1.82, 2.24) is 14.9 Å². The van der Waals surface area contributed by atoms with Crippen LogP contribution in [0.1, 0.15) is 12.6 Å². The van der Waals surface area contributed by atoms with Gasteiger partial charge in [0, 0.05) is 33.6 Å². The Morgan fingerprint density at radius 2 is 1.90 bits per heavy atom. The van der Waals surface area contributed by atoms with Gasteiger partial charge in [0.2, 0.25) is 5.91 Å². The van der Waals surface area contributed by atoms with Gasteiger partial charge in [0.1, 0.15) is 12.8 Å². The van der Waals surface area contributed by atoms with Crippen LogP contribution in [0.5, 0.6) is 0 Å². The number of carbonyl (C=O) groups excluding carboxylic acids is 2. The monoisotopic (exact) mass is 417 g/mol. The van der Waals surface area contributed by atoms with E-state index in [2.05, 4.69) is 29.9 Å². The highest BCUT2D eigenvalue weighted by Crippen LogP contribution is 2.25. The lowest BCUT2D eigenvalue weighted by atomic mass is 10.0. The minimum Gasteiger partial charge on any atom is -0.467 e. The molecule has 1 amide bonds. The third-order valence-corrected chi connectivity index (χ3v) is 6.15. The summed E-state index contributed by atoms with van der Waals surface area (Å²) in [4.78, 5) is 28.2. The van der Waals surface area contributed by atoms with Gasteiger partial charge in [-0.3, -0.25) is 4.79 Å². The summed E-state index contributed by atoms with van der Waals surface area (Å²) in [5.74, 6) is -0.795. The summed E-state index contributed by atoms with van der Waals surface area (Å²) in [7, 11) is 0.142. The maximum Gasteiger partial charge on any atom is 0.328 e. The van der Waals surface area contributed by atoms with Crippen molar-refractivity contribution in [3.05, 3.63) is 42.4 Å². The average molecular weight is 418 g/mol. The van der Waals surface area contributed by atoms with Crippen LogP contribution in [0.25, 0.3) is 11.3 Å². The first-order valence-corrected chi connectivity index (χ1v) is 13.4. The summed E-state index contributed by atoms with van der Waals surface area (Å²) in [5, 5.41) is 2.65. The molecule has 2 aromatic rings. The molecule has 0 radical (unpaired) electrons. The highest BCUT2D eigenvalue weighted by atomic mass is 28.3. The molecule has 0 aliphatic heterocycles. The number of nitrogens with one attached hydrogen (secondary N) is 1. The Kier molecular flexibility index (Phi) is 8.16. The Morgan fingerprint density at radius 3 is 2.48 bits per heavy atom. The predicted octanol–water partition coefficient (Wildman–Crippen LogP) is 3.08. The van der Waals surface area contributed by atoms with Gasteiger partial charge in [-0.1, -0.05) is 50.0 Å².